The number of nitrogens with one attached hydrogen (secondary N) is 3. The topological polar surface area (TPSA) is 99.1 Å². The molecule has 7 heteroatoms. The summed E-state index contributed by atoms with van der Waals surface area (Å²) in [6.45, 7) is 7.69. The van der Waals surface area contributed by atoms with Gasteiger partial charge in [0.2, 0.25) is 0 Å². The Kier molecular flexibility index (Phi) is 6.73. The van der Waals surface area contributed by atoms with Crippen LogP contribution in [0.25, 0.3) is 16.5 Å². The van der Waals surface area contributed by atoms with Crippen LogP contribution in [-0.4, -0.2) is 40.4 Å². The molecule has 1 amide bonds. The van der Waals surface area contributed by atoms with Crippen LogP contribution in [0.2, 0.25) is 0 Å². The van der Waals surface area contributed by atoms with Crippen molar-refractivity contribution in [3.63, 3.8) is 0 Å². The van der Waals surface area contributed by atoms with Crippen LogP contribution in [0.15, 0.2) is 67.0 Å². The molecule has 0 atom stereocenters. The van der Waals surface area contributed by atoms with E-state index in [1.54, 1.807) is 24.5 Å². The van der Waals surface area contributed by atoms with Gasteiger partial charge in [-0.2, -0.15) is 0 Å². The summed E-state index contributed by atoms with van der Waals surface area (Å²) in [5.74, 6) is 0.390. The number of primary amides is 1. The van der Waals surface area contributed by atoms with Crippen molar-refractivity contribution in [2.45, 2.75) is 26.7 Å². The van der Waals surface area contributed by atoms with Crippen LogP contribution >= 0.6 is 0 Å². The van der Waals surface area contributed by atoms with Crippen molar-refractivity contribution in [2.24, 2.45) is 5.73 Å². The highest BCUT2D eigenvalue weighted by Gasteiger charge is 2.15. The molecule has 0 fully saturated rings. The number of nitrogens with two attached hydrogens (primary N) is 1. The number of carbonyl (C=O) groups is 1. The van der Waals surface area contributed by atoms with E-state index in [9.17, 15) is 4.79 Å². The molecule has 0 saturated carbocycles. The van der Waals surface area contributed by atoms with Gasteiger partial charge in [-0.05, 0) is 73.3 Å². The fourth-order valence-corrected chi connectivity index (χ4v) is 4.84. The van der Waals surface area contributed by atoms with Gasteiger partial charge in [0, 0.05) is 24.2 Å². The third-order valence-electron chi connectivity index (χ3n) is 6.64. The van der Waals surface area contributed by atoms with E-state index >= 15 is 0 Å². The number of nitrogens with zero attached hydrogens (tertiary/aromatic N) is 2. The van der Waals surface area contributed by atoms with Gasteiger partial charge in [0.15, 0.2) is 0 Å². The number of hydrogen-bond donors (Lipinski definition) is 4. The zero-order valence-corrected chi connectivity index (χ0v) is 20.8. The molecular weight excluding hydrogens is 448 g/mol. The van der Waals surface area contributed by atoms with Gasteiger partial charge in [-0.1, -0.05) is 31.2 Å². The molecule has 0 radical (unpaired) electrons. The normalized spacial score (nSPS) is 14.0. The lowest BCUT2D eigenvalue weighted by atomic mass is 9.98. The van der Waals surface area contributed by atoms with Crippen molar-refractivity contribution in [3.8, 4) is 0 Å². The smallest absolute Gasteiger partial charge is 0.250 e. The summed E-state index contributed by atoms with van der Waals surface area (Å²) in [6, 6.07) is 15.9. The Balaban J connectivity index is 1.37. The lowest BCUT2D eigenvalue weighted by Gasteiger charge is -2.27. The van der Waals surface area contributed by atoms with Gasteiger partial charge in [0.05, 0.1) is 34.8 Å². The molecule has 0 spiro atoms. The summed E-state index contributed by atoms with van der Waals surface area (Å²) in [5, 5.41) is 7.81. The summed E-state index contributed by atoms with van der Waals surface area (Å²) in [5.41, 5.74) is 13.2. The second-order valence-corrected chi connectivity index (χ2v) is 9.32. The highest BCUT2D eigenvalue weighted by atomic mass is 16.1. The van der Waals surface area contributed by atoms with E-state index in [-0.39, 0.29) is 0 Å². The zero-order valence-electron chi connectivity index (χ0n) is 20.8. The van der Waals surface area contributed by atoms with E-state index in [2.05, 4.69) is 63.6 Å². The second-order valence-electron chi connectivity index (χ2n) is 9.32. The standard InChI is InChI=1S/C29H32N6O/c1-3-12-35-13-6-7-21(18-35)20-10-11-24(19(2)14-20)33-28-15-23-26(16-31-17-27(23)34-28)32-25-9-5-4-8-22(25)29(30)36/h4-5,7-11,14-17,32-34H,3,6,12-13,18H2,1-2H3,(H2,30,36). The minimum Gasteiger partial charge on any atom is -0.366 e. The molecule has 2 aromatic carbocycles. The van der Waals surface area contributed by atoms with Crippen LogP contribution < -0.4 is 16.4 Å². The molecule has 1 aliphatic heterocycles. The van der Waals surface area contributed by atoms with Crippen LogP contribution in [-0.2, 0) is 0 Å². The van der Waals surface area contributed by atoms with Crippen LogP contribution in [0.4, 0.5) is 22.9 Å². The Labute approximate surface area is 211 Å². The maximum atomic E-state index is 11.8. The second kappa shape index (κ2) is 10.3. The number of rotatable bonds is 8. The highest BCUT2D eigenvalue weighted by molar-refractivity contribution is 6.01. The summed E-state index contributed by atoms with van der Waals surface area (Å²) in [7, 11) is 0. The maximum absolute atomic E-state index is 11.8. The first-order valence-corrected chi connectivity index (χ1v) is 12.4. The SMILES string of the molecule is CCCN1CCC=C(c2ccc(Nc3cc4c(Nc5ccccc5C(N)=O)cncc4[nH]3)c(C)c2)C1. The molecule has 0 saturated heterocycles. The molecule has 0 bridgehead atoms. The number of amides is 1. The first-order chi connectivity index (χ1) is 17.5. The van der Waals surface area contributed by atoms with Crippen LogP contribution in [0.1, 0.15) is 41.3 Å². The number of anilines is 4. The number of aromatic amines is 1. The van der Waals surface area contributed by atoms with Crippen molar-refractivity contribution >= 4 is 45.3 Å². The Morgan fingerprint density at radius 2 is 1.94 bits per heavy atom. The molecule has 4 aromatic rings. The number of pyridine rings is 1. The van der Waals surface area contributed by atoms with Gasteiger partial charge in [-0.15, -0.1) is 0 Å². The number of para-hydroxylation sites is 1. The molecule has 0 aliphatic carbocycles. The van der Waals surface area contributed by atoms with Crippen molar-refractivity contribution in [1.82, 2.24) is 14.9 Å². The Hall–Kier alpha value is -4.10. The molecule has 2 aromatic heterocycles. The number of benzene rings is 2. The predicted molar refractivity (Wildman–Crippen MR) is 148 cm³/mol. The van der Waals surface area contributed by atoms with Gasteiger partial charge in [0.25, 0.3) is 5.91 Å². The molecule has 1 aliphatic rings. The van der Waals surface area contributed by atoms with Crippen LogP contribution in [0.3, 0.4) is 0 Å². The van der Waals surface area contributed by atoms with Crippen LogP contribution in [0.5, 0.6) is 0 Å². The Bertz CT molecular complexity index is 1440. The molecule has 0 unspecified atom stereocenters. The molecule has 5 N–H and O–H groups in total. The third-order valence-corrected chi connectivity index (χ3v) is 6.64. The quantitative estimate of drug-likeness (QED) is 0.250. The van der Waals surface area contributed by atoms with E-state index in [1.165, 1.54) is 23.1 Å². The zero-order chi connectivity index (χ0) is 25.1. The minimum absolute atomic E-state index is 0.435. The van der Waals surface area contributed by atoms with Gasteiger partial charge < -0.3 is 21.4 Å². The lowest BCUT2D eigenvalue weighted by molar-refractivity contribution is 0.100. The van der Waals surface area contributed by atoms with Crippen molar-refractivity contribution in [1.29, 1.82) is 0 Å². The predicted octanol–water partition coefficient (Wildman–Crippen LogP) is 5.96. The van der Waals surface area contributed by atoms with E-state index in [4.69, 9.17) is 5.73 Å². The number of hydrogen-bond acceptors (Lipinski definition) is 5. The molecule has 3 heterocycles. The van der Waals surface area contributed by atoms with Crippen molar-refractivity contribution < 1.29 is 4.79 Å². The first kappa shape index (κ1) is 23.6. The van der Waals surface area contributed by atoms with E-state index in [1.807, 2.05) is 18.2 Å². The molecule has 7 nitrogen and oxygen atoms in total. The van der Waals surface area contributed by atoms with Gasteiger partial charge in [-0.3, -0.25) is 14.7 Å². The summed E-state index contributed by atoms with van der Waals surface area (Å²) < 4.78 is 0. The third kappa shape index (κ3) is 4.97. The summed E-state index contributed by atoms with van der Waals surface area (Å²) in [6.07, 6.45) is 8.21. The maximum Gasteiger partial charge on any atom is 0.250 e. The summed E-state index contributed by atoms with van der Waals surface area (Å²) >= 11 is 0. The highest BCUT2D eigenvalue weighted by Crippen LogP contribution is 2.32. The van der Waals surface area contributed by atoms with E-state index in [0.29, 0.717) is 11.3 Å². The monoisotopic (exact) mass is 480 g/mol. The molecular formula is C29H32N6O. The fraction of sp³-hybridized carbons (Fsp3) is 0.241. The average molecular weight is 481 g/mol. The van der Waals surface area contributed by atoms with Gasteiger partial charge in [-0.25, -0.2) is 0 Å². The van der Waals surface area contributed by atoms with E-state index < -0.39 is 5.91 Å². The molecule has 184 valence electrons. The minimum atomic E-state index is -0.476. The number of aryl methyl sites for hydroxylation is 1. The Morgan fingerprint density at radius 3 is 2.75 bits per heavy atom. The van der Waals surface area contributed by atoms with Gasteiger partial charge in [0.1, 0.15) is 5.82 Å². The van der Waals surface area contributed by atoms with Crippen molar-refractivity contribution in [2.75, 3.05) is 30.3 Å². The van der Waals surface area contributed by atoms with E-state index in [0.717, 1.165) is 54.2 Å². The molecule has 5 rings (SSSR count). The lowest BCUT2D eigenvalue weighted by Crippen LogP contribution is -2.30. The number of H-pyrrole nitrogens is 1. The van der Waals surface area contributed by atoms with Gasteiger partial charge >= 0.3 is 0 Å². The number of aromatic nitrogens is 2. The fourth-order valence-electron chi connectivity index (χ4n) is 4.84. The largest absolute Gasteiger partial charge is 0.366 e. The Morgan fingerprint density at radius 1 is 1.08 bits per heavy atom. The average Bonchev–Trinajstić information content (AvgIpc) is 3.29. The summed E-state index contributed by atoms with van der Waals surface area (Å²) in [4.78, 5) is 22.1. The number of fused-ring (bicyclic) bond motifs is 1. The molecule has 36 heavy (non-hydrogen) atoms. The number of carbonyl (C=O) groups excluding carboxylic acids is 1. The van der Waals surface area contributed by atoms with Crippen molar-refractivity contribution in [3.05, 3.63) is 83.7 Å². The van der Waals surface area contributed by atoms with Crippen LogP contribution in [0, 0.1) is 6.92 Å². The first-order valence-electron chi connectivity index (χ1n) is 12.4.